The van der Waals surface area contributed by atoms with E-state index in [2.05, 4.69) is 32.0 Å². The van der Waals surface area contributed by atoms with Crippen LogP contribution in [0, 0.1) is 6.92 Å². The molecule has 0 radical (unpaired) electrons. The van der Waals surface area contributed by atoms with Gasteiger partial charge in [-0.05, 0) is 55.5 Å². The number of benzene rings is 1. The van der Waals surface area contributed by atoms with Crippen LogP contribution in [0.3, 0.4) is 0 Å². The van der Waals surface area contributed by atoms with Crippen LogP contribution in [0.4, 0.5) is 0 Å². The summed E-state index contributed by atoms with van der Waals surface area (Å²) in [4.78, 5) is 19.0. The van der Waals surface area contributed by atoms with E-state index in [-0.39, 0.29) is 18.4 Å². The maximum absolute atomic E-state index is 12.4. The number of nitrogens with one attached hydrogen (secondary N) is 1. The van der Waals surface area contributed by atoms with Gasteiger partial charge in [0.05, 0.1) is 18.2 Å². The molecule has 26 heavy (non-hydrogen) atoms. The van der Waals surface area contributed by atoms with Crippen molar-refractivity contribution in [3.05, 3.63) is 64.2 Å². The topological polar surface area (TPSA) is 58.4 Å². The predicted octanol–water partition coefficient (Wildman–Crippen LogP) is 3.67. The molecule has 136 valence electrons. The average molecular weight is 369 g/mol. The van der Waals surface area contributed by atoms with Gasteiger partial charge in [0.15, 0.2) is 0 Å². The molecule has 1 amide bonds. The molecule has 0 saturated carbocycles. The van der Waals surface area contributed by atoms with Gasteiger partial charge < -0.3 is 14.6 Å². The summed E-state index contributed by atoms with van der Waals surface area (Å²) < 4.78 is 5.73. The van der Waals surface area contributed by atoms with Crippen molar-refractivity contribution in [3.8, 4) is 11.5 Å². The van der Waals surface area contributed by atoms with Crippen LogP contribution in [-0.4, -0.2) is 36.4 Å². The SMILES string of the molecule is Cc1oc(-c2ccccc2)nc1CC(=O)NC[C@@H](c1ccsc1)N(C)C. The maximum Gasteiger partial charge on any atom is 0.226 e. The van der Waals surface area contributed by atoms with Crippen molar-refractivity contribution in [1.29, 1.82) is 0 Å². The molecule has 0 fully saturated rings. The molecule has 1 aromatic carbocycles. The molecule has 0 bridgehead atoms. The Labute approximate surface area is 157 Å². The number of rotatable bonds is 7. The highest BCUT2D eigenvalue weighted by Gasteiger charge is 2.18. The number of oxazole rings is 1. The van der Waals surface area contributed by atoms with Crippen molar-refractivity contribution in [3.63, 3.8) is 0 Å². The van der Waals surface area contributed by atoms with Gasteiger partial charge in [0.1, 0.15) is 5.76 Å². The molecule has 0 aliphatic carbocycles. The number of carbonyl (C=O) groups excluding carboxylic acids is 1. The Kier molecular flexibility index (Phi) is 5.85. The highest BCUT2D eigenvalue weighted by molar-refractivity contribution is 7.07. The van der Waals surface area contributed by atoms with E-state index in [0.717, 1.165) is 5.56 Å². The standard InChI is InChI=1S/C20H23N3O2S/c1-14-17(22-20(25-14)15-7-5-4-6-8-15)11-19(24)21-12-18(23(2)3)16-9-10-26-13-16/h4-10,13,18H,11-12H2,1-3H3,(H,21,24)/t18-/m0/s1. The van der Waals surface area contributed by atoms with Gasteiger partial charge >= 0.3 is 0 Å². The molecule has 6 heteroatoms. The Bertz CT molecular complexity index is 841. The van der Waals surface area contributed by atoms with Crippen molar-refractivity contribution in [1.82, 2.24) is 15.2 Å². The van der Waals surface area contributed by atoms with Crippen molar-refractivity contribution in [2.45, 2.75) is 19.4 Å². The molecule has 3 rings (SSSR count). The lowest BCUT2D eigenvalue weighted by Crippen LogP contribution is -2.35. The van der Waals surface area contributed by atoms with Gasteiger partial charge in [0.25, 0.3) is 0 Å². The summed E-state index contributed by atoms with van der Waals surface area (Å²) in [6, 6.07) is 12.0. The molecule has 0 saturated heterocycles. The van der Waals surface area contributed by atoms with Gasteiger partial charge in [-0.3, -0.25) is 4.79 Å². The van der Waals surface area contributed by atoms with Crippen LogP contribution in [0.1, 0.15) is 23.1 Å². The van der Waals surface area contributed by atoms with E-state index >= 15 is 0 Å². The van der Waals surface area contributed by atoms with Crippen molar-refractivity contribution >= 4 is 17.2 Å². The molecule has 2 heterocycles. The van der Waals surface area contributed by atoms with Crippen molar-refractivity contribution in [2.75, 3.05) is 20.6 Å². The minimum Gasteiger partial charge on any atom is -0.441 e. The molecular weight excluding hydrogens is 346 g/mol. The van der Waals surface area contributed by atoms with Crippen LogP contribution in [0.5, 0.6) is 0 Å². The van der Waals surface area contributed by atoms with Crippen LogP contribution in [0.25, 0.3) is 11.5 Å². The largest absolute Gasteiger partial charge is 0.441 e. The van der Waals surface area contributed by atoms with E-state index in [4.69, 9.17) is 4.42 Å². The molecule has 0 unspecified atom stereocenters. The Morgan fingerprint density at radius 3 is 2.69 bits per heavy atom. The van der Waals surface area contributed by atoms with Crippen LogP contribution in [-0.2, 0) is 11.2 Å². The van der Waals surface area contributed by atoms with Crippen LogP contribution < -0.4 is 5.32 Å². The third kappa shape index (κ3) is 4.39. The van der Waals surface area contributed by atoms with E-state index in [1.165, 1.54) is 5.56 Å². The number of likely N-dealkylation sites (N-methyl/N-ethyl adjacent to an activating group) is 1. The minimum absolute atomic E-state index is 0.0527. The zero-order valence-corrected chi connectivity index (χ0v) is 16.0. The first-order chi connectivity index (χ1) is 12.5. The monoisotopic (exact) mass is 369 g/mol. The second-order valence-electron chi connectivity index (χ2n) is 6.40. The Morgan fingerprint density at radius 1 is 1.27 bits per heavy atom. The first-order valence-corrected chi connectivity index (χ1v) is 9.46. The summed E-state index contributed by atoms with van der Waals surface area (Å²) in [5.41, 5.74) is 2.80. The highest BCUT2D eigenvalue weighted by Crippen LogP contribution is 2.22. The average Bonchev–Trinajstić information content (AvgIpc) is 3.26. The summed E-state index contributed by atoms with van der Waals surface area (Å²) in [7, 11) is 4.03. The number of carbonyl (C=O) groups is 1. The predicted molar refractivity (Wildman–Crippen MR) is 104 cm³/mol. The smallest absolute Gasteiger partial charge is 0.226 e. The maximum atomic E-state index is 12.4. The van der Waals surface area contributed by atoms with Gasteiger partial charge in [0.2, 0.25) is 11.8 Å². The van der Waals surface area contributed by atoms with E-state index in [9.17, 15) is 4.79 Å². The number of aromatic nitrogens is 1. The number of amides is 1. The fourth-order valence-corrected chi connectivity index (χ4v) is 3.49. The lowest BCUT2D eigenvalue weighted by Gasteiger charge is -2.23. The summed E-state index contributed by atoms with van der Waals surface area (Å²) in [6.07, 6.45) is 0.214. The summed E-state index contributed by atoms with van der Waals surface area (Å²) >= 11 is 1.66. The molecule has 5 nitrogen and oxygen atoms in total. The van der Waals surface area contributed by atoms with E-state index in [1.54, 1.807) is 11.3 Å². The fourth-order valence-electron chi connectivity index (χ4n) is 2.78. The fraction of sp³-hybridized carbons (Fsp3) is 0.300. The summed E-state index contributed by atoms with van der Waals surface area (Å²) in [6.45, 7) is 2.40. The third-order valence-corrected chi connectivity index (χ3v) is 4.99. The lowest BCUT2D eigenvalue weighted by molar-refractivity contribution is -0.120. The van der Waals surface area contributed by atoms with E-state index in [1.807, 2.05) is 51.4 Å². The van der Waals surface area contributed by atoms with Crippen LogP contribution in [0.2, 0.25) is 0 Å². The Balaban J connectivity index is 1.62. The van der Waals surface area contributed by atoms with Crippen molar-refractivity contribution < 1.29 is 9.21 Å². The summed E-state index contributed by atoms with van der Waals surface area (Å²) in [5.74, 6) is 1.18. The first kappa shape index (κ1) is 18.4. The minimum atomic E-state index is -0.0527. The van der Waals surface area contributed by atoms with Gasteiger partial charge in [-0.2, -0.15) is 11.3 Å². The Morgan fingerprint density at radius 2 is 2.04 bits per heavy atom. The molecule has 3 aromatic rings. The molecule has 1 atom stereocenters. The number of nitrogens with zero attached hydrogens (tertiary/aromatic N) is 2. The molecule has 0 aliphatic rings. The number of hydrogen-bond acceptors (Lipinski definition) is 5. The highest BCUT2D eigenvalue weighted by atomic mass is 32.1. The van der Waals surface area contributed by atoms with Gasteiger partial charge in [-0.1, -0.05) is 18.2 Å². The van der Waals surface area contributed by atoms with Gasteiger partial charge in [0, 0.05) is 12.1 Å². The van der Waals surface area contributed by atoms with E-state index < -0.39 is 0 Å². The molecule has 0 spiro atoms. The van der Waals surface area contributed by atoms with Gasteiger partial charge in [-0.15, -0.1) is 0 Å². The molecule has 2 aromatic heterocycles. The third-order valence-electron chi connectivity index (χ3n) is 4.29. The normalized spacial score (nSPS) is 12.3. The van der Waals surface area contributed by atoms with Crippen molar-refractivity contribution in [2.24, 2.45) is 0 Å². The first-order valence-electron chi connectivity index (χ1n) is 8.51. The quantitative estimate of drug-likeness (QED) is 0.690. The zero-order valence-electron chi connectivity index (χ0n) is 15.2. The Hall–Kier alpha value is -2.44. The van der Waals surface area contributed by atoms with Gasteiger partial charge in [-0.25, -0.2) is 4.98 Å². The number of thiophene rings is 1. The molecule has 1 N–H and O–H groups in total. The number of hydrogen-bond donors (Lipinski definition) is 1. The lowest BCUT2D eigenvalue weighted by atomic mass is 10.1. The van der Waals surface area contributed by atoms with Crippen LogP contribution in [0.15, 0.2) is 51.6 Å². The molecular formula is C20H23N3O2S. The zero-order chi connectivity index (χ0) is 18.5. The second kappa shape index (κ2) is 8.29. The van der Waals surface area contributed by atoms with E-state index in [0.29, 0.717) is 23.9 Å². The second-order valence-corrected chi connectivity index (χ2v) is 7.18. The van der Waals surface area contributed by atoms with Crippen LogP contribution >= 0.6 is 11.3 Å². The summed E-state index contributed by atoms with van der Waals surface area (Å²) in [5, 5.41) is 7.19. The number of aryl methyl sites for hydroxylation is 1. The molecule has 0 aliphatic heterocycles.